The van der Waals surface area contributed by atoms with Crippen LogP contribution < -0.4 is 16.3 Å². The van der Waals surface area contributed by atoms with Crippen LogP contribution in [0.5, 0.6) is 0 Å². The Morgan fingerprint density at radius 2 is 1.97 bits per heavy atom. The van der Waals surface area contributed by atoms with Crippen molar-refractivity contribution in [2.45, 2.75) is 76.2 Å². The summed E-state index contributed by atoms with van der Waals surface area (Å²) in [5.41, 5.74) is 0.460. The van der Waals surface area contributed by atoms with Gasteiger partial charge in [-0.05, 0) is 76.7 Å². The van der Waals surface area contributed by atoms with Gasteiger partial charge in [0.2, 0.25) is 0 Å². The van der Waals surface area contributed by atoms with E-state index in [4.69, 9.17) is 4.42 Å². The Morgan fingerprint density at radius 3 is 2.62 bits per heavy atom. The summed E-state index contributed by atoms with van der Waals surface area (Å²) in [4.78, 5) is 28.2. The molecule has 1 atom stereocenters. The lowest BCUT2D eigenvalue weighted by molar-refractivity contribution is 0.0641. The smallest absolute Gasteiger partial charge is 0.349 e. The van der Waals surface area contributed by atoms with Gasteiger partial charge in [0.1, 0.15) is 11.3 Å². The van der Waals surface area contributed by atoms with Gasteiger partial charge >= 0.3 is 5.63 Å². The molecule has 2 saturated heterocycles. The summed E-state index contributed by atoms with van der Waals surface area (Å²) in [5, 5.41) is 6.46. The summed E-state index contributed by atoms with van der Waals surface area (Å²) in [5.74, 6) is 0.637. The van der Waals surface area contributed by atoms with Crippen LogP contribution in [0, 0.1) is 6.92 Å². The Labute approximate surface area is 173 Å². The van der Waals surface area contributed by atoms with E-state index in [-0.39, 0.29) is 22.9 Å². The zero-order chi connectivity index (χ0) is 20.3. The van der Waals surface area contributed by atoms with Gasteiger partial charge in [0.25, 0.3) is 5.91 Å². The van der Waals surface area contributed by atoms with E-state index in [1.165, 1.54) is 32.1 Å². The molecule has 1 aromatic heterocycles. The maximum absolute atomic E-state index is 13.0. The van der Waals surface area contributed by atoms with E-state index in [1.807, 2.05) is 13.0 Å². The fourth-order valence-corrected chi connectivity index (χ4v) is 5.54. The number of carbonyl (C=O) groups excluding carboxylic acids is 1. The highest BCUT2D eigenvalue weighted by Crippen LogP contribution is 2.36. The lowest BCUT2D eigenvalue weighted by Crippen LogP contribution is -2.55. The van der Waals surface area contributed by atoms with Crippen LogP contribution >= 0.6 is 0 Å². The molecule has 6 nitrogen and oxygen atoms in total. The molecule has 1 saturated carbocycles. The molecule has 160 valence electrons. The minimum Gasteiger partial charge on any atom is -0.427 e. The first-order valence-electron chi connectivity index (χ1n) is 11.5. The van der Waals surface area contributed by atoms with E-state index in [9.17, 15) is 9.59 Å². The van der Waals surface area contributed by atoms with Crippen molar-refractivity contribution >= 4 is 5.91 Å². The number of hydrogen-bond donors (Lipinski definition) is 2. The summed E-state index contributed by atoms with van der Waals surface area (Å²) in [6.07, 6.45) is 10.6. The monoisotopic (exact) mass is 401 g/mol. The molecule has 3 fully saturated rings. The average Bonchev–Trinajstić information content (AvgIpc) is 3.23. The van der Waals surface area contributed by atoms with Gasteiger partial charge in [-0.3, -0.25) is 9.69 Å². The number of piperidine rings is 2. The standard InChI is InChI=1S/C23H35N3O3/c1-17-14-19(18-8-7-11-24-15-18)29-22(28)20(17)21(27)25-16-23(9-3-4-10-23)26-12-5-2-6-13-26/h14,18,24H,2-13,15-16H2,1H3,(H,25,27). The Morgan fingerprint density at radius 1 is 1.21 bits per heavy atom. The number of nitrogens with zero attached hydrogens (tertiary/aromatic N) is 1. The second kappa shape index (κ2) is 9.00. The minimum absolute atomic E-state index is 0.0673. The van der Waals surface area contributed by atoms with Gasteiger partial charge in [-0.15, -0.1) is 0 Å². The molecular weight excluding hydrogens is 366 g/mol. The van der Waals surface area contributed by atoms with Gasteiger partial charge in [-0.1, -0.05) is 19.3 Å². The molecule has 2 N–H and O–H groups in total. The molecule has 3 aliphatic rings. The van der Waals surface area contributed by atoms with E-state index < -0.39 is 5.63 Å². The van der Waals surface area contributed by atoms with Gasteiger partial charge < -0.3 is 15.1 Å². The molecule has 0 bridgehead atoms. The molecule has 29 heavy (non-hydrogen) atoms. The third kappa shape index (κ3) is 4.43. The van der Waals surface area contributed by atoms with Gasteiger partial charge in [-0.2, -0.15) is 0 Å². The summed E-state index contributed by atoms with van der Waals surface area (Å²) in [6.45, 7) is 6.56. The third-order valence-corrected chi connectivity index (χ3v) is 7.23. The fraction of sp³-hybridized carbons (Fsp3) is 0.739. The van der Waals surface area contributed by atoms with Crippen LogP contribution in [0.15, 0.2) is 15.3 Å². The Bertz CT molecular complexity index is 770. The number of carbonyl (C=O) groups is 1. The first-order chi connectivity index (χ1) is 14.1. The molecule has 2 aliphatic heterocycles. The minimum atomic E-state index is -0.499. The maximum Gasteiger partial charge on any atom is 0.349 e. The molecule has 0 aromatic carbocycles. The third-order valence-electron chi connectivity index (χ3n) is 7.23. The van der Waals surface area contributed by atoms with Crippen LogP contribution in [-0.4, -0.2) is 49.1 Å². The fourth-order valence-electron chi connectivity index (χ4n) is 5.54. The van der Waals surface area contributed by atoms with Gasteiger partial charge in [0, 0.05) is 24.5 Å². The lowest BCUT2D eigenvalue weighted by atomic mass is 9.92. The van der Waals surface area contributed by atoms with Crippen molar-refractivity contribution in [3.8, 4) is 0 Å². The first kappa shape index (κ1) is 20.6. The second-order valence-corrected chi connectivity index (χ2v) is 9.20. The highest BCUT2D eigenvalue weighted by atomic mass is 16.4. The van der Waals surface area contributed by atoms with Crippen LogP contribution in [0.4, 0.5) is 0 Å². The molecule has 1 aromatic rings. The van der Waals surface area contributed by atoms with Crippen molar-refractivity contribution in [3.63, 3.8) is 0 Å². The van der Waals surface area contributed by atoms with E-state index in [2.05, 4.69) is 15.5 Å². The van der Waals surface area contributed by atoms with Crippen LogP contribution in [0.25, 0.3) is 0 Å². The first-order valence-corrected chi connectivity index (χ1v) is 11.5. The van der Waals surface area contributed by atoms with Crippen molar-refractivity contribution in [2.24, 2.45) is 0 Å². The largest absolute Gasteiger partial charge is 0.427 e. The quantitative estimate of drug-likeness (QED) is 0.794. The summed E-state index contributed by atoms with van der Waals surface area (Å²) >= 11 is 0. The van der Waals surface area contributed by atoms with Gasteiger partial charge in [-0.25, -0.2) is 4.79 Å². The number of aryl methyl sites for hydroxylation is 1. The number of hydrogen-bond acceptors (Lipinski definition) is 5. The van der Waals surface area contributed by atoms with E-state index in [0.717, 1.165) is 57.4 Å². The summed E-state index contributed by atoms with van der Waals surface area (Å²) in [6, 6.07) is 1.89. The Kier molecular flexibility index (Phi) is 6.40. The van der Waals surface area contributed by atoms with Crippen molar-refractivity contribution < 1.29 is 9.21 Å². The Balaban J connectivity index is 1.47. The molecule has 0 radical (unpaired) electrons. The number of rotatable bonds is 5. The van der Waals surface area contributed by atoms with Gasteiger partial charge in [0.05, 0.1) is 0 Å². The highest BCUT2D eigenvalue weighted by molar-refractivity contribution is 5.95. The SMILES string of the molecule is Cc1cc(C2CCCNC2)oc(=O)c1C(=O)NCC1(N2CCCCC2)CCCC1. The summed E-state index contributed by atoms with van der Waals surface area (Å²) in [7, 11) is 0. The Hall–Kier alpha value is -1.66. The number of amides is 1. The van der Waals surface area contributed by atoms with Crippen LogP contribution in [0.2, 0.25) is 0 Å². The zero-order valence-electron chi connectivity index (χ0n) is 17.7. The van der Waals surface area contributed by atoms with Crippen LogP contribution in [-0.2, 0) is 0 Å². The average molecular weight is 402 g/mol. The van der Waals surface area contributed by atoms with Crippen molar-refractivity contribution in [1.82, 2.24) is 15.5 Å². The molecule has 3 heterocycles. The van der Waals surface area contributed by atoms with Crippen molar-refractivity contribution in [2.75, 3.05) is 32.7 Å². The zero-order valence-corrected chi connectivity index (χ0v) is 17.7. The van der Waals surface area contributed by atoms with Crippen molar-refractivity contribution in [3.05, 3.63) is 33.4 Å². The number of nitrogens with one attached hydrogen (secondary N) is 2. The number of likely N-dealkylation sites (tertiary alicyclic amines) is 1. The highest BCUT2D eigenvalue weighted by Gasteiger charge is 2.40. The molecule has 1 unspecified atom stereocenters. The topological polar surface area (TPSA) is 74.6 Å². The van der Waals surface area contributed by atoms with Gasteiger partial charge in [0.15, 0.2) is 0 Å². The van der Waals surface area contributed by atoms with Crippen LogP contribution in [0.1, 0.15) is 85.4 Å². The van der Waals surface area contributed by atoms with Crippen molar-refractivity contribution in [1.29, 1.82) is 0 Å². The predicted molar refractivity (Wildman–Crippen MR) is 114 cm³/mol. The van der Waals surface area contributed by atoms with E-state index >= 15 is 0 Å². The van der Waals surface area contributed by atoms with Crippen LogP contribution in [0.3, 0.4) is 0 Å². The van der Waals surface area contributed by atoms with E-state index in [0.29, 0.717) is 12.3 Å². The van der Waals surface area contributed by atoms with E-state index in [1.54, 1.807) is 0 Å². The molecule has 4 rings (SSSR count). The second-order valence-electron chi connectivity index (χ2n) is 9.20. The summed E-state index contributed by atoms with van der Waals surface area (Å²) < 4.78 is 5.60. The maximum atomic E-state index is 13.0. The molecule has 1 amide bonds. The molecular formula is C23H35N3O3. The lowest BCUT2D eigenvalue weighted by Gasteiger charge is -2.43. The molecule has 6 heteroatoms. The normalized spacial score (nSPS) is 25.1. The molecule has 1 aliphatic carbocycles. The molecule has 0 spiro atoms. The predicted octanol–water partition coefficient (Wildman–Crippen LogP) is 2.94.